The van der Waals surface area contributed by atoms with E-state index >= 15 is 0 Å². The van der Waals surface area contributed by atoms with Gasteiger partial charge in [-0.05, 0) is 42.8 Å². The number of aliphatic imine (C=N–C) groups is 1. The van der Waals surface area contributed by atoms with Crippen molar-refractivity contribution in [3.05, 3.63) is 54.3 Å². The highest BCUT2D eigenvalue weighted by Crippen LogP contribution is 2.32. The van der Waals surface area contributed by atoms with Crippen molar-refractivity contribution >= 4 is 40.1 Å². The van der Waals surface area contributed by atoms with Crippen molar-refractivity contribution in [2.45, 2.75) is 25.0 Å². The minimum absolute atomic E-state index is 0.0559. The predicted octanol–water partition coefficient (Wildman–Crippen LogP) is 4.20. The molecular formula is C21H22FN3O3S. The summed E-state index contributed by atoms with van der Waals surface area (Å²) in [4.78, 5) is 31.3. The molecule has 0 radical (unpaired) electrons. The highest BCUT2D eigenvalue weighted by atomic mass is 32.2. The number of carbonyl (C=O) groups excluding carboxylic acids is 2. The van der Waals surface area contributed by atoms with E-state index in [0.29, 0.717) is 17.4 Å². The lowest BCUT2D eigenvalue weighted by Crippen LogP contribution is -2.34. The van der Waals surface area contributed by atoms with E-state index < -0.39 is 17.0 Å². The van der Waals surface area contributed by atoms with E-state index in [-0.39, 0.29) is 18.0 Å². The summed E-state index contributed by atoms with van der Waals surface area (Å²) in [7, 11) is 1.59. The van der Waals surface area contributed by atoms with Crippen molar-refractivity contribution in [1.82, 2.24) is 4.90 Å². The summed E-state index contributed by atoms with van der Waals surface area (Å²) >= 11 is 1.26. The minimum Gasteiger partial charge on any atom is -0.497 e. The molecule has 0 aromatic heterocycles. The zero-order valence-corrected chi connectivity index (χ0v) is 17.0. The molecule has 1 atom stereocenters. The fourth-order valence-corrected chi connectivity index (χ4v) is 4.04. The van der Waals surface area contributed by atoms with E-state index in [1.165, 1.54) is 23.9 Å². The van der Waals surface area contributed by atoms with Crippen LogP contribution in [0.25, 0.3) is 0 Å². The maximum Gasteiger partial charge on any atom is 0.242 e. The molecule has 6 nitrogen and oxygen atoms in total. The quantitative estimate of drug-likeness (QED) is 0.736. The van der Waals surface area contributed by atoms with Gasteiger partial charge in [0.15, 0.2) is 5.17 Å². The number of nitrogens with zero attached hydrogens (tertiary/aromatic N) is 2. The molecule has 0 unspecified atom stereocenters. The first-order valence-corrected chi connectivity index (χ1v) is 10.1. The molecular weight excluding hydrogens is 393 g/mol. The predicted molar refractivity (Wildman–Crippen MR) is 113 cm³/mol. The van der Waals surface area contributed by atoms with Crippen molar-refractivity contribution < 1.29 is 18.7 Å². The first-order chi connectivity index (χ1) is 14.0. The molecule has 8 heteroatoms. The van der Waals surface area contributed by atoms with Gasteiger partial charge in [0, 0.05) is 13.0 Å². The number of benzene rings is 2. The Morgan fingerprint density at radius 1 is 1.24 bits per heavy atom. The maximum atomic E-state index is 13.7. The molecule has 0 saturated carbocycles. The molecule has 1 fully saturated rings. The summed E-state index contributed by atoms with van der Waals surface area (Å²) in [5, 5.41) is 2.50. The third kappa shape index (κ3) is 5.14. The van der Waals surface area contributed by atoms with Crippen LogP contribution in [0.4, 0.5) is 15.8 Å². The highest BCUT2D eigenvalue weighted by molar-refractivity contribution is 8.15. The summed E-state index contributed by atoms with van der Waals surface area (Å²) < 4.78 is 18.9. The van der Waals surface area contributed by atoms with Gasteiger partial charge in [-0.15, -0.1) is 0 Å². The van der Waals surface area contributed by atoms with Crippen molar-refractivity contribution in [2.24, 2.45) is 4.99 Å². The molecule has 0 spiro atoms. The highest BCUT2D eigenvalue weighted by Gasteiger charge is 2.38. The molecule has 1 N–H and O–H groups in total. The Bertz CT molecular complexity index is 918. The van der Waals surface area contributed by atoms with Crippen molar-refractivity contribution in [3.8, 4) is 5.75 Å². The number of amidine groups is 1. The number of para-hydroxylation sites is 1. The Kier molecular flexibility index (Phi) is 6.87. The molecule has 152 valence electrons. The second kappa shape index (κ2) is 9.56. The molecule has 1 aliphatic heterocycles. The number of carbonyl (C=O) groups is 2. The second-order valence-electron chi connectivity index (χ2n) is 6.42. The normalized spacial score (nSPS) is 17.6. The fraction of sp³-hybridized carbons (Fsp3) is 0.286. The van der Waals surface area contributed by atoms with Crippen LogP contribution in [-0.4, -0.2) is 40.8 Å². The Morgan fingerprint density at radius 3 is 2.62 bits per heavy atom. The average Bonchev–Trinajstić information content (AvgIpc) is 2.99. The van der Waals surface area contributed by atoms with Crippen LogP contribution in [0.2, 0.25) is 0 Å². The van der Waals surface area contributed by atoms with Gasteiger partial charge >= 0.3 is 0 Å². The smallest absolute Gasteiger partial charge is 0.242 e. The topological polar surface area (TPSA) is 71.0 Å². The number of amides is 2. The zero-order chi connectivity index (χ0) is 20.8. The molecule has 1 aliphatic rings. The lowest BCUT2D eigenvalue weighted by atomic mass is 10.2. The summed E-state index contributed by atoms with van der Waals surface area (Å²) in [6.45, 7) is 2.49. The largest absolute Gasteiger partial charge is 0.497 e. The Balaban J connectivity index is 1.73. The SMILES string of the molecule is CCCN1C(=O)[C@@H](CC(=O)Nc2ccccc2F)SC1=Nc1ccc(OC)cc1. The summed E-state index contributed by atoms with van der Waals surface area (Å²) in [6.07, 6.45) is 0.710. The third-order valence-corrected chi connectivity index (χ3v) is 5.46. The number of nitrogens with one attached hydrogen (secondary N) is 1. The molecule has 0 bridgehead atoms. The van der Waals surface area contributed by atoms with Crippen LogP contribution in [0, 0.1) is 5.82 Å². The number of halogens is 1. The number of methoxy groups -OCH3 is 1. The van der Waals surface area contributed by atoms with Crippen LogP contribution in [-0.2, 0) is 9.59 Å². The number of thioether (sulfide) groups is 1. The number of ether oxygens (including phenoxy) is 1. The summed E-state index contributed by atoms with van der Waals surface area (Å²) in [5.41, 5.74) is 0.796. The number of hydrogen-bond acceptors (Lipinski definition) is 5. The molecule has 1 saturated heterocycles. The zero-order valence-electron chi connectivity index (χ0n) is 16.2. The molecule has 2 aromatic rings. The van der Waals surface area contributed by atoms with Gasteiger partial charge in [-0.2, -0.15) is 0 Å². The van der Waals surface area contributed by atoms with Gasteiger partial charge in [-0.3, -0.25) is 14.5 Å². The van der Waals surface area contributed by atoms with Gasteiger partial charge in [0.05, 0.1) is 18.5 Å². The van der Waals surface area contributed by atoms with Gasteiger partial charge in [-0.1, -0.05) is 30.8 Å². The molecule has 2 amide bonds. The monoisotopic (exact) mass is 415 g/mol. The minimum atomic E-state index is -0.592. The lowest BCUT2D eigenvalue weighted by Gasteiger charge is -2.15. The Labute approximate surface area is 173 Å². The molecule has 1 heterocycles. The van der Waals surface area contributed by atoms with Gasteiger partial charge in [0.1, 0.15) is 16.8 Å². The van der Waals surface area contributed by atoms with E-state index in [4.69, 9.17) is 4.74 Å². The van der Waals surface area contributed by atoms with Gasteiger partial charge < -0.3 is 10.1 Å². The van der Waals surface area contributed by atoms with E-state index in [9.17, 15) is 14.0 Å². The maximum absolute atomic E-state index is 13.7. The Hall–Kier alpha value is -2.87. The standard InChI is InChI=1S/C21H22FN3O3S/c1-3-12-25-20(27)18(13-19(26)24-17-7-5-4-6-16(17)22)29-21(25)23-14-8-10-15(28-2)11-9-14/h4-11,18H,3,12-13H2,1-2H3,(H,24,26)/t18-/m1/s1. The van der Waals surface area contributed by atoms with E-state index in [2.05, 4.69) is 10.3 Å². The molecule has 3 rings (SSSR count). The Morgan fingerprint density at radius 2 is 1.97 bits per heavy atom. The van der Waals surface area contributed by atoms with Gasteiger partial charge in [0.25, 0.3) is 0 Å². The molecule has 29 heavy (non-hydrogen) atoms. The lowest BCUT2D eigenvalue weighted by molar-refractivity contribution is -0.128. The van der Waals surface area contributed by atoms with Crippen LogP contribution in [0.1, 0.15) is 19.8 Å². The van der Waals surface area contributed by atoms with Crippen LogP contribution < -0.4 is 10.1 Å². The van der Waals surface area contributed by atoms with Crippen LogP contribution in [0.15, 0.2) is 53.5 Å². The number of anilines is 1. The molecule has 0 aliphatic carbocycles. The summed E-state index contributed by atoms with van der Waals surface area (Å²) in [6, 6.07) is 13.1. The van der Waals surface area contributed by atoms with Crippen LogP contribution in [0.3, 0.4) is 0 Å². The average molecular weight is 415 g/mol. The fourth-order valence-electron chi connectivity index (χ4n) is 2.85. The number of hydrogen-bond donors (Lipinski definition) is 1. The second-order valence-corrected chi connectivity index (χ2v) is 7.59. The first-order valence-electron chi connectivity index (χ1n) is 9.27. The van der Waals surface area contributed by atoms with Crippen molar-refractivity contribution in [2.75, 3.05) is 19.0 Å². The molecule has 2 aromatic carbocycles. The van der Waals surface area contributed by atoms with Crippen LogP contribution in [0.5, 0.6) is 5.75 Å². The van der Waals surface area contributed by atoms with E-state index in [1.54, 1.807) is 48.4 Å². The van der Waals surface area contributed by atoms with Crippen molar-refractivity contribution in [1.29, 1.82) is 0 Å². The van der Waals surface area contributed by atoms with Crippen LogP contribution >= 0.6 is 11.8 Å². The van der Waals surface area contributed by atoms with Gasteiger partial charge in [0.2, 0.25) is 11.8 Å². The first kappa shape index (κ1) is 20.9. The van der Waals surface area contributed by atoms with Gasteiger partial charge in [-0.25, -0.2) is 9.38 Å². The third-order valence-electron chi connectivity index (χ3n) is 4.28. The van der Waals surface area contributed by atoms with E-state index in [0.717, 1.165) is 12.2 Å². The van der Waals surface area contributed by atoms with E-state index in [1.807, 2.05) is 6.92 Å². The summed E-state index contributed by atoms with van der Waals surface area (Å²) in [5.74, 6) is -0.367. The van der Waals surface area contributed by atoms with Crippen molar-refractivity contribution in [3.63, 3.8) is 0 Å². The number of rotatable bonds is 7.